The molecule has 1 aromatic rings. The van der Waals surface area contributed by atoms with Crippen LogP contribution in [0.5, 0.6) is 0 Å². The van der Waals surface area contributed by atoms with Crippen LogP contribution in [0.3, 0.4) is 0 Å². The van der Waals surface area contributed by atoms with Crippen LogP contribution in [0.25, 0.3) is 0 Å². The molecule has 1 rings (SSSR count). The highest BCUT2D eigenvalue weighted by Gasteiger charge is 2.14. The summed E-state index contributed by atoms with van der Waals surface area (Å²) in [6, 6.07) is 1.12. The average Bonchev–Trinajstić information content (AvgIpc) is 2.11. The topological polar surface area (TPSA) is 46.2 Å². The van der Waals surface area contributed by atoms with Crippen molar-refractivity contribution in [3.05, 3.63) is 34.4 Å². The molecule has 0 aliphatic carbocycles. The van der Waals surface area contributed by atoms with Gasteiger partial charge in [0.05, 0.1) is 5.02 Å². The Labute approximate surface area is 85.3 Å². The minimum absolute atomic E-state index is 0.0287. The maximum absolute atomic E-state index is 13.2. The molecule has 0 heterocycles. The molecule has 3 N–H and O–H groups in total. The standard InChI is InChI=1S/C9H10ClF2NO/c10-6-4-7(11)5(3-8(6)12)9(13)1-2-14/h3-4,9,14H,1-2,13H2. The van der Waals surface area contributed by atoms with Gasteiger partial charge in [-0.1, -0.05) is 11.6 Å². The van der Waals surface area contributed by atoms with Gasteiger partial charge < -0.3 is 10.8 Å². The molecular weight excluding hydrogens is 212 g/mol. The predicted octanol–water partition coefficient (Wildman–Crippen LogP) is 2.00. The van der Waals surface area contributed by atoms with E-state index in [1.807, 2.05) is 0 Å². The van der Waals surface area contributed by atoms with E-state index in [1.165, 1.54) is 0 Å². The lowest BCUT2D eigenvalue weighted by atomic mass is 10.0. The number of halogens is 3. The van der Waals surface area contributed by atoms with Crippen LogP contribution < -0.4 is 5.73 Å². The second-order valence-corrected chi connectivity index (χ2v) is 3.31. The van der Waals surface area contributed by atoms with Crippen molar-refractivity contribution in [2.45, 2.75) is 12.5 Å². The van der Waals surface area contributed by atoms with Gasteiger partial charge in [0.25, 0.3) is 0 Å². The summed E-state index contributed by atoms with van der Waals surface area (Å²) in [5.41, 5.74) is 5.54. The molecule has 1 unspecified atom stereocenters. The molecule has 0 radical (unpaired) electrons. The molecule has 0 saturated carbocycles. The van der Waals surface area contributed by atoms with E-state index < -0.39 is 17.7 Å². The van der Waals surface area contributed by atoms with Crippen LogP contribution in [0.1, 0.15) is 18.0 Å². The number of rotatable bonds is 3. The minimum Gasteiger partial charge on any atom is -0.396 e. The first-order chi connectivity index (χ1) is 6.56. The van der Waals surface area contributed by atoms with Crippen LogP contribution in [0.15, 0.2) is 12.1 Å². The molecule has 0 saturated heterocycles. The lowest BCUT2D eigenvalue weighted by Crippen LogP contribution is -2.14. The van der Waals surface area contributed by atoms with Crippen molar-refractivity contribution in [3.63, 3.8) is 0 Å². The first-order valence-electron chi connectivity index (χ1n) is 4.07. The van der Waals surface area contributed by atoms with Gasteiger partial charge in [0.15, 0.2) is 0 Å². The van der Waals surface area contributed by atoms with Crippen LogP contribution in [0.4, 0.5) is 8.78 Å². The molecule has 2 nitrogen and oxygen atoms in total. The lowest BCUT2D eigenvalue weighted by molar-refractivity contribution is 0.275. The third-order valence-electron chi connectivity index (χ3n) is 1.88. The Balaban J connectivity index is 3.02. The van der Waals surface area contributed by atoms with E-state index in [9.17, 15) is 8.78 Å². The summed E-state index contributed by atoms with van der Waals surface area (Å²) in [6.45, 7) is -0.176. The molecule has 0 bridgehead atoms. The number of nitrogens with two attached hydrogens (primary N) is 1. The van der Waals surface area contributed by atoms with Gasteiger partial charge in [-0.3, -0.25) is 0 Å². The van der Waals surface area contributed by atoms with Crippen LogP contribution >= 0.6 is 11.6 Å². The van der Waals surface area contributed by atoms with Crippen LogP contribution in [0, 0.1) is 11.6 Å². The normalized spacial score (nSPS) is 12.9. The zero-order valence-corrected chi connectivity index (χ0v) is 8.06. The second kappa shape index (κ2) is 4.68. The monoisotopic (exact) mass is 221 g/mol. The van der Waals surface area contributed by atoms with Crippen molar-refractivity contribution < 1.29 is 13.9 Å². The number of benzene rings is 1. The SMILES string of the molecule is NC(CCO)c1cc(F)c(Cl)cc1F. The lowest BCUT2D eigenvalue weighted by Gasteiger charge is -2.11. The fraction of sp³-hybridized carbons (Fsp3) is 0.333. The zero-order valence-electron chi connectivity index (χ0n) is 7.30. The zero-order chi connectivity index (χ0) is 10.7. The van der Waals surface area contributed by atoms with E-state index in [0.717, 1.165) is 12.1 Å². The Hall–Kier alpha value is -0.710. The molecule has 0 aromatic heterocycles. The summed E-state index contributed by atoms with van der Waals surface area (Å²) in [7, 11) is 0. The Morgan fingerprint density at radius 2 is 2.00 bits per heavy atom. The van der Waals surface area contributed by atoms with E-state index in [1.54, 1.807) is 0 Å². The average molecular weight is 222 g/mol. The van der Waals surface area contributed by atoms with Crippen molar-refractivity contribution in [1.29, 1.82) is 0 Å². The van der Waals surface area contributed by atoms with Crippen molar-refractivity contribution in [3.8, 4) is 0 Å². The quantitative estimate of drug-likeness (QED) is 0.767. The summed E-state index contributed by atoms with van der Waals surface area (Å²) >= 11 is 5.36. The summed E-state index contributed by atoms with van der Waals surface area (Å²) in [6.07, 6.45) is 0.179. The van der Waals surface area contributed by atoms with Gasteiger partial charge in [-0.15, -0.1) is 0 Å². The first-order valence-corrected chi connectivity index (χ1v) is 4.45. The molecule has 5 heteroatoms. The Kier molecular flexibility index (Phi) is 3.80. The van der Waals surface area contributed by atoms with Crippen LogP contribution in [-0.4, -0.2) is 11.7 Å². The number of hydrogen-bond acceptors (Lipinski definition) is 2. The molecule has 0 amide bonds. The molecule has 1 aromatic carbocycles. The predicted molar refractivity (Wildman–Crippen MR) is 50.0 cm³/mol. The van der Waals surface area contributed by atoms with E-state index >= 15 is 0 Å². The molecule has 0 fully saturated rings. The Morgan fingerprint density at radius 3 is 2.57 bits per heavy atom. The Bertz CT molecular complexity index is 333. The minimum atomic E-state index is -0.716. The number of aliphatic hydroxyl groups is 1. The smallest absolute Gasteiger partial charge is 0.142 e. The Morgan fingerprint density at radius 1 is 1.36 bits per heavy atom. The van der Waals surface area contributed by atoms with Gasteiger partial charge in [0, 0.05) is 18.2 Å². The third-order valence-corrected chi connectivity index (χ3v) is 2.17. The van der Waals surface area contributed by atoms with E-state index in [2.05, 4.69) is 0 Å². The highest BCUT2D eigenvalue weighted by molar-refractivity contribution is 6.30. The first kappa shape index (κ1) is 11.4. The van der Waals surface area contributed by atoms with Crippen LogP contribution in [-0.2, 0) is 0 Å². The van der Waals surface area contributed by atoms with E-state index in [4.69, 9.17) is 22.4 Å². The van der Waals surface area contributed by atoms with Gasteiger partial charge in [-0.2, -0.15) is 0 Å². The molecule has 14 heavy (non-hydrogen) atoms. The highest BCUT2D eigenvalue weighted by Crippen LogP contribution is 2.24. The van der Waals surface area contributed by atoms with Crippen molar-refractivity contribution >= 4 is 11.6 Å². The van der Waals surface area contributed by atoms with Gasteiger partial charge in [-0.05, 0) is 18.6 Å². The van der Waals surface area contributed by atoms with Gasteiger partial charge in [-0.25, -0.2) is 8.78 Å². The maximum Gasteiger partial charge on any atom is 0.142 e. The van der Waals surface area contributed by atoms with Gasteiger partial charge in [0.1, 0.15) is 11.6 Å². The maximum atomic E-state index is 13.2. The molecule has 78 valence electrons. The van der Waals surface area contributed by atoms with E-state index in [0.29, 0.717) is 0 Å². The largest absolute Gasteiger partial charge is 0.396 e. The molecule has 1 atom stereocenters. The van der Waals surface area contributed by atoms with E-state index in [-0.39, 0.29) is 23.6 Å². The summed E-state index contributed by atoms with van der Waals surface area (Å²) in [5.74, 6) is -1.37. The van der Waals surface area contributed by atoms with Crippen molar-refractivity contribution in [2.24, 2.45) is 5.73 Å². The molecule has 0 aliphatic heterocycles. The van der Waals surface area contributed by atoms with Crippen molar-refractivity contribution in [1.82, 2.24) is 0 Å². The molecular formula is C9H10ClF2NO. The third kappa shape index (κ3) is 2.41. The number of aliphatic hydroxyl groups excluding tert-OH is 1. The highest BCUT2D eigenvalue weighted by atomic mass is 35.5. The van der Waals surface area contributed by atoms with Crippen LogP contribution in [0.2, 0.25) is 5.02 Å². The fourth-order valence-electron chi connectivity index (χ4n) is 1.12. The fourth-order valence-corrected chi connectivity index (χ4v) is 1.27. The summed E-state index contributed by atoms with van der Waals surface area (Å²) < 4.78 is 26.1. The summed E-state index contributed by atoms with van der Waals surface area (Å²) in [4.78, 5) is 0. The molecule has 0 spiro atoms. The summed E-state index contributed by atoms with van der Waals surface area (Å²) in [5, 5.41) is 8.32. The molecule has 0 aliphatic rings. The van der Waals surface area contributed by atoms with Gasteiger partial charge in [0.2, 0.25) is 0 Å². The second-order valence-electron chi connectivity index (χ2n) is 2.91. The number of hydrogen-bond donors (Lipinski definition) is 2. The van der Waals surface area contributed by atoms with Gasteiger partial charge >= 0.3 is 0 Å². The van der Waals surface area contributed by atoms with Crippen molar-refractivity contribution in [2.75, 3.05) is 6.61 Å².